The Morgan fingerprint density at radius 2 is 1.97 bits per heavy atom. The molecule has 0 unspecified atom stereocenters. The van der Waals surface area contributed by atoms with Gasteiger partial charge >= 0.3 is 0 Å². The molecule has 8 nitrogen and oxygen atoms in total. The van der Waals surface area contributed by atoms with E-state index in [9.17, 15) is 4.79 Å². The molecule has 4 heterocycles. The second-order valence-electron chi connectivity index (χ2n) is 6.45. The fourth-order valence-corrected chi connectivity index (χ4v) is 3.86. The first kappa shape index (κ1) is 18.3. The van der Waals surface area contributed by atoms with Crippen molar-refractivity contribution in [3.8, 4) is 11.7 Å². The number of fused-ring (bicyclic) bond motifs is 1. The summed E-state index contributed by atoms with van der Waals surface area (Å²) in [6, 6.07) is 14.6. The topological polar surface area (TPSA) is 99.8 Å². The Balaban J connectivity index is 1.48. The van der Waals surface area contributed by atoms with Crippen LogP contribution in [0.2, 0.25) is 0 Å². The van der Waals surface area contributed by atoms with Crippen molar-refractivity contribution in [1.82, 2.24) is 24.7 Å². The summed E-state index contributed by atoms with van der Waals surface area (Å²) >= 11 is 1.37. The van der Waals surface area contributed by atoms with Crippen molar-refractivity contribution in [1.29, 1.82) is 0 Å². The van der Waals surface area contributed by atoms with Gasteiger partial charge in [0.2, 0.25) is 0 Å². The molecule has 0 atom stereocenters. The number of rotatable bonds is 6. The van der Waals surface area contributed by atoms with Gasteiger partial charge in [-0.05, 0) is 35.9 Å². The molecule has 0 amide bonds. The molecule has 5 rings (SSSR count). The van der Waals surface area contributed by atoms with E-state index in [0.717, 1.165) is 5.56 Å². The highest BCUT2D eigenvalue weighted by Gasteiger charge is 2.15. The molecule has 0 saturated carbocycles. The highest BCUT2D eigenvalue weighted by atomic mass is 32.2. The zero-order valence-electron chi connectivity index (χ0n) is 15.6. The van der Waals surface area contributed by atoms with E-state index in [2.05, 4.69) is 15.1 Å². The van der Waals surface area contributed by atoms with Gasteiger partial charge in [0.1, 0.15) is 0 Å². The largest absolute Gasteiger partial charge is 0.459 e. The lowest BCUT2D eigenvalue weighted by Crippen LogP contribution is -2.24. The van der Waals surface area contributed by atoms with E-state index >= 15 is 0 Å². The molecule has 0 bridgehead atoms. The van der Waals surface area contributed by atoms with Crippen LogP contribution in [0.3, 0.4) is 0 Å². The summed E-state index contributed by atoms with van der Waals surface area (Å²) in [5.41, 5.74) is 1.46. The third-order valence-corrected chi connectivity index (χ3v) is 5.39. The summed E-state index contributed by atoms with van der Waals surface area (Å²) in [5, 5.41) is 5.14. The van der Waals surface area contributed by atoms with Gasteiger partial charge < -0.3 is 8.94 Å². The first-order chi connectivity index (χ1) is 14.8. The summed E-state index contributed by atoms with van der Waals surface area (Å²) in [6.45, 7) is 0.372. The summed E-state index contributed by atoms with van der Waals surface area (Å²) < 4.78 is 12.2. The van der Waals surface area contributed by atoms with E-state index in [4.69, 9.17) is 13.9 Å². The Morgan fingerprint density at radius 1 is 1.03 bits per heavy atom. The van der Waals surface area contributed by atoms with Gasteiger partial charge in [0.05, 0.1) is 29.5 Å². The van der Waals surface area contributed by atoms with Crippen LogP contribution in [0.15, 0.2) is 86.1 Å². The van der Waals surface area contributed by atoms with Gasteiger partial charge in [-0.25, -0.2) is 4.98 Å². The highest BCUT2D eigenvalue weighted by molar-refractivity contribution is 7.98. The smallest absolute Gasteiger partial charge is 0.293 e. The number of thioether (sulfide) groups is 1. The summed E-state index contributed by atoms with van der Waals surface area (Å²) in [7, 11) is 0. The molecule has 1 aromatic carbocycles. The number of benzene rings is 1. The van der Waals surface area contributed by atoms with E-state index in [1.54, 1.807) is 41.4 Å². The highest BCUT2D eigenvalue weighted by Crippen LogP contribution is 2.24. The molecule has 4 aromatic heterocycles. The number of hydrogen-bond acceptors (Lipinski definition) is 8. The van der Waals surface area contributed by atoms with Crippen molar-refractivity contribution >= 4 is 22.7 Å². The lowest BCUT2D eigenvalue weighted by molar-refractivity contribution is 0.411. The molecule has 0 N–H and O–H groups in total. The van der Waals surface area contributed by atoms with Gasteiger partial charge in [-0.15, -0.1) is 0 Å². The van der Waals surface area contributed by atoms with Gasteiger partial charge in [0.15, 0.2) is 16.7 Å². The number of para-hydroxylation sites is 1. The Bertz CT molecular complexity index is 1350. The van der Waals surface area contributed by atoms with Crippen molar-refractivity contribution in [3.63, 3.8) is 0 Å². The lowest BCUT2D eigenvalue weighted by Gasteiger charge is -2.12. The van der Waals surface area contributed by atoms with Crippen LogP contribution >= 0.6 is 11.8 Å². The molecule has 0 spiro atoms. The maximum atomic E-state index is 13.2. The monoisotopic (exact) mass is 417 g/mol. The maximum absolute atomic E-state index is 13.2. The zero-order chi connectivity index (χ0) is 20.3. The quantitative estimate of drug-likeness (QED) is 0.304. The first-order valence-corrected chi connectivity index (χ1v) is 10.1. The molecule has 0 aliphatic rings. The van der Waals surface area contributed by atoms with E-state index < -0.39 is 0 Å². The molecule has 0 aliphatic heterocycles. The standard InChI is InChI=1S/C21H15N5O3S/c27-20-15-6-1-2-7-16(15)23-21(26(20)12-14-5-3-9-22-11-14)30-13-18-24-19(29-25-18)17-8-4-10-28-17/h1-11H,12-13H2. The molecular formula is C21H15N5O3S. The Labute approximate surface area is 174 Å². The Morgan fingerprint density at radius 3 is 2.80 bits per heavy atom. The van der Waals surface area contributed by atoms with Gasteiger partial charge in [-0.1, -0.05) is 35.1 Å². The van der Waals surface area contributed by atoms with Crippen LogP contribution in [0.1, 0.15) is 11.4 Å². The predicted octanol–water partition coefficient (Wildman–Crippen LogP) is 3.78. The van der Waals surface area contributed by atoms with Gasteiger partial charge in [0, 0.05) is 12.4 Å². The summed E-state index contributed by atoms with van der Waals surface area (Å²) in [5.74, 6) is 1.70. The van der Waals surface area contributed by atoms with Gasteiger partial charge in [-0.3, -0.25) is 14.3 Å². The number of furan rings is 1. The van der Waals surface area contributed by atoms with E-state index in [1.807, 2.05) is 30.3 Å². The Kier molecular flexibility index (Phi) is 4.86. The minimum Gasteiger partial charge on any atom is -0.459 e. The Hall–Kier alpha value is -3.72. The SMILES string of the molecule is O=c1c2ccccc2nc(SCc2noc(-c3ccco3)n2)n1Cc1cccnc1. The van der Waals surface area contributed by atoms with E-state index in [0.29, 0.717) is 45.8 Å². The zero-order valence-corrected chi connectivity index (χ0v) is 16.5. The number of aromatic nitrogens is 5. The fraction of sp³-hybridized carbons (Fsp3) is 0.0952. The van der Waals surface area contributed by atoms with Crippen LogP contribution in [0.25, 0.3) is 22.6 Å². The lowest BCUT2D eigenvalue weighted by atomic mass is 10.2. The molecule has 0 fully saturated rings. The predicted molar refractivity (Wildman–Crippen MR) is 111 cm³/mol. The van der Waals surface area contributed by atoms with Gasteiger partial charge in [0.25, 0.3) is 11.4 Å². The minimum atomic E-state index is -0.101. The van der Waals surface area contributed by atoms with Crippen molar-refractivity contribution < 1.29 is 8.94 Å². The molecule has 9 heteroatoms. The number of hydrogen-bond donors (Lipinski definition) is 0. The minimum absolute atomic E-state index is 0.101. The van der Waals surface area contributed by atoms with Crippen LogP contribution in [-0.4, -0.2) is 24.7 Å². The number of nitrogens with zero attached hydrogens (tertiary/aromatic N) is 5. The van der Waals surface area contributed by atoms with Crippen molar-refractivity contribution in [2.24, 2.45) is 0 Å². The summed E-state index contributed by atoms with van der Waals surface area (Å²) in [6.07, 6.45) is 4.99. The first-order valence-electron chi connectivity index (χ1n) is 9.16. The van der Waals surface area contributed by atoms with E-state index in [-0.39, 0.29) is 5.56 Å². The second kappa shape index (κ2) is 7.96. The maximum Gasteiger partial charge on any atom is 0.293 e. The average molecular weight is 417 g/mol. The molecular weight excluding hydrogens is 402 g/mol. The second-order valence-corrected chi connectivity index (χ2v) is 7.39. The van der Waals surface area contributed by atoms with Gasteiger partial charge in [-0.2, -0.15) is 4.98 Å². The van der Waals surface area contributed by atoms with Crippen molar-refractivity contribution in [3.05, 3.63) is 88.9 Å². The third-order valence-electron chi connectivity index (χ3n) is 4.42. The van der Waals surface area contributed by atoms with Crippen molar-refractivity contribution in [2.45, 2.75) is 17.5 Å². The molecule has 148 valence electrons. The van der Waals surface area contributed by atoms with Crippen molar-refractivity contribution in [2.75, 3.05) is 0 Å². The molecule has 0 aliphatic carbocycles. The molecule has 5 aromatic rings. The van der Waals surface area contributed by atoms with Crippen LogP contribution < -0.4 is 5.56 Å². The molecule has 30 heavy (non-hydrogen) atoms. The third kappa shape index (κ3) is 3.62. The normalized spacial score (nSPS) is 11.2. The van der Waals surface area contributed by atoms with Crippen LogP contribution in [0.4, 0.5) is 0 Å². The molecule has 0 radical (unpaired) electrons. The molecule has 0 saturated heterocycles. The van der Waals surface area contributed by atoms with Crippen LogP contribution in [0, 0.1) is 0 Å². The van der Waals surface area contributed by atoms with E-state index in [1.165, 1.54) is 11.8 Å². The van der Waals surface area contributed by atoms with Crippen LogP contribution in [-0.2, 0) is 12.3 Å². The van der Waals surface area contributed by atoms with Crippen LogP contribution in [0.5, 0.6) is 0 Å². The summed E-state index contributed by atoms with van der Waals surface area (Å²) in [4.78, 5) is 26.3. The fourth-order valence-electron chi connectivity index (χ4n) is 3.01. The number of pyridine rings is 1. The average Bonchev–Trinajstić information content (AvgIpc) is 3.47.